The highest BCUT2D eigenvalue weighted by Crippen LogP contribution is 2.29. The number of nitrogens with zero attached hydrogens (tertiary/aromatic N) is 2. The second-order valence-electron chi connectivity index (χ2n) is 6.32. The second kappa shape index (κ2) is 9.98. The van der Waals surface area contributed by atoms with Gasteiger partial charge in [-0.15, -0.1) is 12.4 Å². The molecular weight excluding hydrogens is 396 g/mol. The highest BCUT2D eigenvalue weighted by molar-refractivity contribution is 7.89. The molecule has 3 N–H and O–H groups in total. The van der Waals surface area contributed by atoms with Crippen LogP contribution in [-0.4, -0.2) is 49.2 Å². The number of hydrogen-bond acceptors (Lipinski definition) is 6. The molecule has 152 valence electrons. The lowest BCUT2D eigenvalue weighted by atomic mass is 10.1. The van der Waals surface area contributed by atoms with Gasteiger partial charge in [0.15, 0.2) is 0 Å². The molecule has 1 aliphatic heterocycles. The molecule has 1 fully saturated rings. The summed E-state index contributed by atoms with van der Waals surface area (Å²) in [5.41, 5.74) is 5.53. The first-order valence-electron chi connectivity index (χ1n) is 8.51. The summed E-state index contributed by atoms with van der Waals surface area (Å²) in [5, 5.41) is 13.7. The van der Waals surface area contributed by atoms with Crippen LogP contribution in [0.3, 0.4) is 0 Å². The highest BCUT2D eigenvalue weighted by Gasteiger charge is 2.35. The van der Waals surface area contributed by atoms with Crippen LogP contribution in [0, 0.1) is 17.0 Å². The van der Waals surface area contributed by atoms with Crippen molar-refractivity contribution >= 4 is 34.0 Å². The van der Waals surface area contributed by atoms with E-state index in [2.05, 4.69) is 5.32 Å². The lowest BCUT2D eigenvalue weighted by Crippen LogP contribution is -2.49. The maximum Gasteiger partial charge on any atom is 0.270 e. The Balaban J connectivity index is 0.00000364. The number of nitrogens with one attached hydrogen (secondary N) is 1. The summed E-state index contributed by atoms with van der Waals surface area (Å²) in [6.07, 6.45) is 2.37. The first-order valence-corrected chi connectivity index (χ1v) is 9.95. The molecule has 2 rings (SSSR count). The molecule has 1 aliphatic rings. The zero-order valence-corrected chi connectivity index (χ0v) is 16.7. The van der Waals surface area contributed by atoms with Gasteiger partial charge in [0.2, 0.25) is 15.9 Å². The van der Waals surface area contributed by atoms with Crippen molar-refractivity contribution in [3.05, 3.63) is 33.9 Å². The molecule has 0 bridgehead atoms. The maximum atomic E-state index is 13.1. The molecule has 0 spiro atoms. The predicted molar refractivity (Wildman–Crippen MR) is 103 cm³/mol. The fourth-order valence-corrected chi connectivity index (χ4v) is 4.99. The van der Waals surface area contributed by atoms with Gasteiger partial charge in [0.25, 0.3) is 5.69 Å². The van der Waals surface area contributed by atoms with Crippen molar-refractivity contribution in [3.63, 3.8) is 0 Å². The van der Waals surface area contributed by atoms with Crippen LogP contribution in [0.1, 0.15) is 31.2 Å². The molecule has 0 radical (unpaired) electrons. The van der Waals surface area contributed by atoms with Crippen LogP contribution < -0.4 is 11.1 Å². The average Bonchev–Trinajstić information content (AvgIpc) is 2.60. The summed E-state index contributed by atoms with van der Waals surface area (Å²) in [7, 11) is -3.91. The number of halogens is 1. The molecule has 0 aromatic heterocycles. The number of nitro benzene ring substituents is 1. The topological polar surface area (TPSA) is 136 Å². The normalized spacial score (nSPS) is 17.8. The molecular formula is C16H25ClN4O5S. The van der Waals surface area contributed by atoms with Gasteiger partial charge in [-0.05, 0) is 25.3 Å². The van der Waals surface area contributed by atoms with Crippen LogP contribution in [0.15, 0.2) is 23.1 Å². The number of carbonyl (C=O) groups is 1. The van der Waals surface area contributed by atoms with Crippen LogP contribution in [0.4, 0.5) is 5.69 Å². The van der Waals surface area contributed by atoms with Gasteiger partial charge in [-0.3, -0.25) is 14.9 Å². The number of hydrogen-bond donors (Lipinski definition) is 2. The number of sulfonamides is 1. The second-order valence-corrected chi connectivity index (χ2v) is 8.17. The van der Waals surface area contributed by atoms with E-state index >= 15 is 0 Å². The van der Waals surface area contributed by atoms with Crippen molar-refractivity contribution in [2.45, 2.75) is 43.5 Å². The fourth-order valence-electron chi connectivity index (χ4n) is 3.05. The van der Waals surface area contributed by atoms with Gasteiger partial charge in [0.05, 0.1) is 9.82 Å². The van der Waals surface area contributed by atoms with E-state index in [0.29, 0.717) is 24.9 Å². The van der Waals surface area contributed by atoms with Crippen molar-refractivity contribution in [2.75, 3.05) is 19.6 Å². The SMILES string of the molecule is Cc1ccc([N+](=O)[O-])cc1S(=O)(=O)N1CCCCC1CNC(=O)CCN.Cl. The molecule has 1 heterocycles. The molecule has 0 aliphatic carbocycles. The number of amides is 1. The maximum absolute atomic E-state index is 13.1. The molecule has 27 heavy (non-hydrogen) atoms. The quantitative estimate of drug-likeness (QED) is 0.504. The zero-order valence-electron chi connectivity index (χ0n) is 15.1. The number of benzene rings is 1. The Morgan fingerprint density at radius 1 is 1.41 bits per heavy atom. The van der Waals surface area contributed by atoms with Crippen molar-refractivity contribution in [2.24, 2.45) is 5.73 Å². The molecule has 1 aromatic rings. The van der Waals surface area contributed by atoms with Crippen LogP contribution >= 0.6 is 12.4 Å². The summed E-state index contributed by atoms with van der Waals surface area (Å²) < 4.78 is 27.6. The van der Waals surface area contributed by atoms with E-state index in [0.717, 1.165) is 12.5 Å². The zero-order chi connectivity index (χ0) is 19.3. The third kappa shape index (κ3) is 5.61. The predicted octanol–water partition coefficient (Wildman–Crippen LogP) is 1.33. The first-order chi connectivity index (χ1) is 12.3. The van der Waals surface area contributed by atoms with Crippen LogP contribution in [0.2, 0.25) is 0 Å². The molecule has 0 saturated carbocycles. The van der Waals surface area contributed by atoms with Crippen LogP contribution in [0.25, 0.3) is 0 Å². The van der Waals surface area contributed by atoms with Gasteiger partial charge in [-0.1, -0.05) is 12.5 Å². The molecule has 9 nitrogen and oxygen atoms in total. The Morgan fingerprint density at radius 3 is 2.74 bits per heavy atom. The summed E-state index contributed by atoms with van der Waals surface area (Å²) >= 11 is 0. The number of rotatable bonds is 7. The summed E-state index contributed by atoms with van der Waals surface area (Å²) in [4.78, 5) is 22.0. The Labute approximate surface area is 164 Å². The van der Waals surface area contributed by atoms with Crippen molar-refractivity contribution in [1.29, 1.82) is 0 Å². The Hall–Kier alpha value is -1.75. The molecule has 1 atom stereocenters. The lowest BCUT2D eigenvalue weighted by molar-refractivity contribution is -0.385. The minimum absolute atomic E-state index is 0. The van der Waals surface area contributed by atoms with E-state index in [-0.39, 0.29) is 54.4 Å². The number of carbonyl (C=O) groups excluding carboxylic acids is 1. The standard InChI is InChI=1S/C16H24N4O5S.ClH/c1-12-5-6-13(20(22)23)10-15(12)26(24,25)19-9-3-2-4-14(19)11-18-16(21)7-8-17;/h5-6,10,14H,2-4,7-9,11,17H2,1H3,(H,18,21);1H. The first kappa shape index (κ1) is 23.3. The molecule has 1 unspecified atom stereocenters. The van der Waals surface area contributed by atoms with Gasteiger partial charge in [0, 0.05) is 44.2 Å². The van der Waals surface area contributed by atoms with Crippen LogP contribution in [-0.2, 0) is 14.8 Å². The Morgan fingerprint density at radius 2 is 2.11 bits per heavy atom. The van der Waals surface area contributed by atoms with Gasteiger partial charge in [0.1, 0.15) is 0 Å². The molecule has 1 amide bonds. The fraction of sp³-hybridized carbons (Fsp3) is 0.562. The number of piperidine rings is 1. The van der Waals surface area contributed by atoms with E-state index < -0.39 is 14.9 Å². The molecule has 11 heteroatoms. The van der Waals surface area contributed by atoms with E-state index in [9.17, 15) is 23.3 Å². The van der Waals surface area contributed by atoms with E-state index in [4.69, 9.17) is 5.73 Å². The summed E-state index contributed by atoms with van der Waals surface area (Å²) in [5.74, 6) is -0.220. The summed E-state index contributed by atoms with van der Waals surface area (Å²) in [6, 6.07) is 3.44. The van der Waals surface area contributed by atoms with Crippen molar-refractivity contribution < 1.29 is 18.1 Å². The van der Waals surface area contributed by atoms with E-state index in [1.54, 1.807) is 6.92 Å². The highest BCUT2D eigenvalue weighted by atomic mass is 35.5. The van der Waals surface area contributed by atoms with Gasteiger partial charge < -0.3 is 11.1 Å². The lowest BCUT2D eigenvalue weighted by Gasteiger charge is -2.35. The van der Waals surface area contributed by atoms with Gasteiger partial charge >= 0.3 is 0 Å². The summed E-state index contributed by atoms with van der Waals surface area (Å²) in [6.45, 7) is 2.36. The molecule has 1 aromatic carbocycles. The van der Waals surface area contributed by atoms with Gasteiger partial charge in [-0.2, -0.15) is 4.31 Å². The number of aryl methyl sites for hydroxylation is 1. The Bertz CT molecular complexity index is 787. The van der Waals surface area contributed by atoms with E-state index in [1.165, 1.54) is 16.4 Å². The van der Waals surface area contributed by atoms with Crippen molar-refractivity contribution in [1.82, 2.24) is 9.62 Å². The van der Waals surface area contributed by atoms with Crippen LogP contribution in [0.5, 0.6) is 0 Å². The molecule has 1 saturated heterocycles. The largest absolute Gasteiger partial charge is 0.354 e. The van der Waals surface area contributed by atoms with Gasteiger partial charge in [-0.25, -0.2) is 8.42 Å². The average molecular weight is 421 g/mol. The van der Waals surface area contributed by atoms with E-state index in [1.807, 2.05) is 0 Å². The Kier molecular flexibility index (Phi) is 8.60. The third-order valence-electron chi connectivity index (χ3n) is 4.45. The minimum atomic E-state index is -3.91. The minimum Gasteiger partial charge on any atom is -0.354 e. The smallest absolute Gasteiger partial charge is 0.270 e. The number of nitrogens with two attached hydrogens (primary N) is 1. The monoisotopic (exact) mass is 420 g/mol. The third-order valence-corrected chi connectivity index (χ3v) is 6.54. The number of nitro groups is 1. The van der Waals surface area contributed by atoms with Crippen molar-refractivity contribution in [3.8, 4) is 0 Å². The number of non-ortho nitro benzene ring substituents is 1.